The molecule has 1 aromatic carbocycles. The van der Waals surface area contributed by atoms with Crippen molar-refractivity contribution in [3.8, 4) is 23.0 Å². The van der Waals surface area contributed by atoms with Crippen molar-refractivity contribution in [3.05, 3.63) is 53.9 Å². The highest BCUT2D eigenvalue weighted by molar-refractivity contribution is 5.90. The Bertz CT molecular complexity index is 1170. The number of nitrogens with one attached hydrogen (secondary N) is 1. The van der Waals surface area contributed by atoms with Gasteiger partial charge in [-0.1, -0.05) is 12.1 Å². The van der Waals surface area contributed by atoms with Gasteiger partial charge in [0, 0.05) is 19.8 Å². The van der Waals surface area contributed by atoms with Crippen molar-refractivity contribution in [3.63, 3.8) is 0 Å². The zero-order valence-electron chi connectivity index (χ0n) is 15.5. The van der Waals surface area contributed by atoms with Crippen molar-refractivity contribution >= 4 is 16.9 Å². The Kier molecular flexibility index (Phi) is 3.82. The SMILES string of the molecule is Cc1nn(C)c2nc(-c3ccccn3)nc(NCc3ccc4c(c3)OCO4)c12. The maximum absolute atomic E-state index is 5.46. The molecule has 0 spiro atoms. The molecule has 1 aliphatic rings. The van der Waals surface area contributed by atoms with Gasteiger partial charge in [0.2, 0.25) is 6.79 Å². The summed E-state index contributed by atoms with van der Waals surface area (Å²) in [6, 6.07) is 11.6. The summed E-state index contributed by atoms with van der Waals surface area (Å²) in [6.45, 7) is 2.80. The highest BCUT2D eigenvalue weighted by Crippen LogP contribution is 2.33. The lowest BCUT2D eigenvalue weighted by Gasteiger charge is -2.10. The van der Waals surface area contributed by atoms with E-state index in [0.29, 0.717) is 12.4 Å². The van der Waals surface area contributed by atoms with Gasteiger partial charge in [0.1, 0.15) is 11.5 Å². The normalized spacial score (nSPS) is 12.5. The molecule has 0 fully saturated rings. The lowest BCUT2D eigenvalue weighted by Crippen LogP contribution is -2.05. The van der Waals surface area contributed by atoms with Gasteiger partial charge in [0.15, 0.2) is 23.0 Å². The first kappa shape index (κ1) is 16.5. The van der Waals surface area contributed by atoms with Crippen LogP contribution < -0.4 is 14.8 Å². The van der Waals surface area contributed by atoms with Crippen LogP contribution in [0.3, 0.4) is 0 Å². The number of benzene rings is 1. The molecule has 140 valence electrons. The molecule has 8 nitrogen and oxygen atoms in total. The molecule has 0 aliphatic carbocycles. The molecule has 0 unspecified atom stereocenters. The number of pyridine rings is 1. The quantitative estimate of drug-likeness (QED) is 0.587. The number of rotatable bonds is 4. The average molecular weight is 374 g/mol. The third kappa shape index (κ3) is 2.79. The predicted octanol–water partition coefficient (Wildman–Crippen LogP) is 3.07. The summed E-state index contributed by atoms with van der Waals surface area (Å²) in [4.78, 5) is 13.8. The standard InChI is InChI=1S/C20H18N6O2/c1-12-17-19(22-10-13-6-7-15-16(9-13)28-11-27-15)23-18(14-5-3-4-8-21-14)24-20(17)26(2)25-12/h3-9H,10-11H2,1-2H3,(H,22,23,24). The molecule has 0 atom stereocenters. The van der Waals surface area contributed by atoms with Gasteiger partial charge in [0.05, 0.1) is 11.1 Å². The van der Waals surface area contributed by atoms with Crippen LogP contribution >= 0.6 is 0 Å². The fourth-order valence-electron chi connectivity index (χ4n) is 3.31. The van der Waals surface area contributed by atoms with Crippen LogP contribution in [0.2, 0.25) is 0 Å². The highest BCUT2D eigenvalue weighted by atomic mass is 16.7. The number of aryl methyl sites for hydroxylation is 2. The van der Waals surface area contributed by atoms with Crippen molar-refractivity contribution in [1.82, 2.24) is 24.7 Å². The van der Waals surface area contributed by atoms with Gasteiger partial charge >= 0.3 is 0 Å². The number of anilines is 1. The second-order valence-electron chi connectivity index (χ2n) is 6.56. The Morgan fingerprint density at radius 3 is 2.86 bits per heavy atom. The molecular formula is C20H18N6O2. The van der Waals surface area contributed by atoms with Gasteiger partial charge in [0.25, 0.3) is 0 Å². The van der Waals surface area contributed by atoms with E-state index in [1.807, 2.05) is 50.4 Å². The molecule has 28 heavy (non-hydrogen) atoms. The molecule has 4 aromatic rings. The van der Waals surface area contributed by atoms with Crippen LogP contribution in [-0.4, -0.2) is 31.5 Å². The van der Waals surface area contributed by atoms with Crippen molar-refractivity contribution in [2.24, 2.45) is 7.05 Å². The lowest BCUT2D eigenvalue weighted by atomic mass is 10.2. The van der Waals surface area contributed by atoms with Crippen molar-refractivity contribution in [2.75, 3.05) is 12.1 Å². The Hall–Kier alpha value is -3.68. The number of hydrogen-bond donors (Lipinski definition) is 1. The zero-order chi connectivity index (χ0) is 19.1. The molecule has 1 aliphatic heterocycles. The van der Waals surface area contributed by atoms with Crippen molar-refractivity contribution in [1.29, 1.82) is 0 Å². The van der Waals surface area contributed by atoms with Crippen LogP contribution in [0.5, 0.6) is 11.5 Å². The molecule has 4 heterocycles. The first-order valence-corrected chi connectivity index (χ1v) is 8.94. The van der Waals surface area contributed by atoms with E-state index >= 15 is 0 Å². The number of ether oxygens (including phenoxy) is 2. The fraction of sp³-hybridized carbons (Fsp3) is 0.200. The first-order valence-electron chi connectivity index (χ1n) is 8.94. The molecule has 0 saturated carbocycles. The van der Waals surface area contributed by atoms with Crippen LogP contribution in [0.15, 0.2) is 42.6 Å². The Balaban J connectivity index is 1.54. The minimum absolute atomic E-state index is 0.265. The van der Waals surface area contributed by atoms with Crippen LogP contribution in [0.25, 0.3) is 22.6 Å². The van der Waals surface area contributed by atoms with E-state index in [-0.39, 0.29) is 6.79 Å². The second kappa shape index (κ2) is 6.49. The Morgan fingerprint density at radius 1 is 1.11 bits per heavy atom. The monoisotopic (exact) mass is 374 g/mol. The molecule has 3 aromatic heterocycles. The minimum atomic E-state index is 0.265. The van der Waals surface area contributed by atoms with Crippen LogP contribution in [0.4, 0.5) is 5.82 Å². The molecule has 0 radical (unpaired) electrons. The number of fused-ring (bicyclic) bond motifs is 2. The maximum Gasteiger partial charge on any atom is 0.231 e. The average Bonchev–Trinajstić information content (AvgIpc) is 3.30. The largest absolute Gasteiger partial charge is 0.454 e. The highest BCUT2D eigenvalue weighted by Gasteiger charge is 2.17. The maximum atomic E-state index is 5.46. The topological polar surface area (TPSA) is 87.0 Å². The van der Waals surface area contributed by atoms with Crippen LogP contribution in [-0.2, 0) is 13.6 Å². The summed E-state index contributed by atoms with van der Waals surface area (Å²) >= 11 is 0. The van der Waals surface area contributed by atoms with Crippen LogP contribution in [0.1, 0.15) is 11.3 Å². The molecule has 5 rings (SSSR count). The van der Waals surface area contributed by atoms with E-state index in [4.69, 9.17) is 14.5 Å². The van der Waals surface area contributed by atoms with Gasteiger partial charge in [-0.25, -0.2) is 9.97 Å². The van der Waals surface area contributed by atoms with E-state index in [0.717, 1.165) is 45.3 Å². The fourth-order valence-corrected chi connectivity index (χ4v) is 3.31. The van der Waals surface area contributed by atoms with Gasteiger partial charge < -0.3 is 14.8 Å². The summed E-state index contributed by atoms with van der Waals surface area (Å²) in [5.41, 5.74) is 3.42. The minimum Gasteiger partial charge on any atom is -0.454 e. The third-order valence-electron chi connectivity index (χ3n) is 4.65. The third-order valence-corrected chi connectivity index (χ3v) is 4.65. The van der Waals surface area contributed by atoms with Gasteiger partial charge in [-0.3, -0.25) is 9.67 Å². The van der Waals surface area contributed by atoms with Gasteiger partial charge in [-0.2, -0.15) is 5.10 Å². The number of aromatic nitrogens is 5. The predicted molar refractivity (Wildman–Crippen MR) is 104 cm³/mol. The molecular weight excluding hydrogens is 356 g/mol. The van der Waals surface area contributed by atoms with Gasteiger partial charge in [-0.15, -0.1) is 0 Å². The van der Waals surface area contributed by atoms with Crippen LogP contribution in [0, 0.1) is 6.92 Å². The molecule has 1 N–H and O–H groups in total. The summed E-state index contributed by atoms with van der Waals surface area (Å²) in [5.74, 6) is 2.82. The van der Waals surface area contributed by atoms with E-state index in [2.05, 4.69) is 20.4 Å². The van der Waals surface area contributed by atoms with E-state index in [1.54, 1.807) is 10.9 Å². The first-order chi connectivity index (χ1) is 13.7. The van der Waals surface area contributed by atoms with Crippen molar-refractivity contribution in [2.45, 2.75) is 13.5 Å². The molecule has 8 heteroatoms. The van der Waals surface area contributed by atoms with Gasteiger partial charge in [-0.05, 0) is 36.8 Å². The lowest BCUT2D eigenvalue weighted by molar-refractivity contribution is 0.174. The number of nitrogens with zero attached hydrogens (tertiary/aromatic N) is 5. The van der Waals surface area contributed by atoms with E-state index < -0.39 is 0 Å². The molecule has 0 amide bonds. The Morgan fingerprint density at radius 2 is 2.00 bits per heavy atom. The zero-order valence-corrected chi connectivity index (χ0v) is 15.5. The summed E-state index contributed by atoms with van der Waals surface area (Å²) < 4.78 is 12.6. The van der Waals surface area contributed by atoms with E-state index in [1.165, 1.54) is 0 Å². The Labute approximate surface area is 161 Å². The smallest absolute Gasteiger partial charge is 0.231 e. The molecule has 0 bridgehead atoms. The van der Waals surface area contributed by atoms with Crippen molar-refractivity contribution < 1.29 is 9.47 Å². The van der Waals surface area contributed by atoms with E-state index in [9.17, 15) is 0 Å². The summed E-state index contributed by atoms with van der Waals surface area (Å²) in [5, 5.41) is 8.84. The number of hydrogen-bond acceptors (Lipinski definition) is 7. The summed E-state index contributed by atoms with van der Waals surface area (Å²) in [7, 11) is 1.88. The second-order valence-corrected chi connectivity index (χ2v) is 6.56. The molecule has 0 saturated heterocycles. The summed E-state index contributed by atoms with van der Waals surface area (Å²) in [6.07, 6.45) is 1.73.